The predicted molar refractivity (Wildman–Crippen MR) is 115 cm³/mol. The Hall–Kier alpha value is -0.860. The zero-order valence-corrected chi connectivity index (χ0v) is 18.2. The average Bonchev–Trinajstić information content (AvgIpc) is 3.24. The van der Waals surface area contributed by atoms with Gasteiger partial charge in [-0.2, -0.15) is 0 Å². The second kappa shape index (κ2) is 9.37. The van der Waals surface area contributed by atoms with Gasteiger partial charge in [0, 0.05) is 25.6 Å². The number of aliphatic imine (C=N–C) groups is 1. The van der Waals surface area contributed by atoms with Crippen molar-refractivity contribution in [3.63, 3.8) is 0 Å². The van der Waals surface area contributed by atoms with E-state index in [1.54, 1.807) is 0 Å². The topological polar surface area (TPSA) is 67.1 Å². The highest BCUT2D eigenvalue weighted by Crippen LogP contribution is 2.40. The minimum absolute atomic E-state index is 0. The molecular weight excluding hydrogens is 439 g/mol. The number of hydrogen-bond acceptors (Lipinski definition) is 3. The third-order valence-electron chi connectivity index (χ3n) is 6.29. The molecule has 0 radical (unpaired) electrons. The van der Waals surface area contributed by atoms with E-state index < -0.39 is 0 Å². The first-order valence-electron chi connectivity index (χ1n) is 10.3. The van der Waals surface area contributed by atoms with Crippen LogP contribution < -0.4 is 10.6 Å². The molecule has 0 saturated heterocycles. The maximum Gasteiger partial charge on any atom is 0.191 e. The monoisotopic (exact) mass is 472 g/mol. The Labute approximate surface area is 174 Å². The third kappa shape index (κ3) is 4.51. The second-order valence-corrected chi connectivity index (χ2v) is 7.94. The summed E-state index contributed by atoms with van der Waals surface area (Å²) in [6.07, 6.45) is 12.0. The van der Waals surface area contributed by atoms with Crippen molar-refractivity contribution >= 4 is 29.9 Å². The van der Waals surface area contributed by atoms with Crippen molar-refractivity contribution in [1.82, 2.24) is 25.4 Å². The molecule has 0 spiro atoms. The van der Waals surface area contributed by atoms with Gasteiger partial charge in [0.15, 0.2) is 11.8 Å². The Balaban J connectivity index is 0.00000196. The van der Waals surface area contributed by atoms with Gasteiger partial charge in [-0.3, -0.25) is 0 Å². The lowest BCUT2D eigenvalue weighted by molar-refractivity contribution is 0.150. The Kier molecular flexibility index (Phi) is 7.17. The molecule has 2 N–H and O–H groups in total. The summed E-state index contributed by atoms with van der Waals surface area (Å²) < 4.78 is 2.24. The lowest BCUT2D eigenvalue weighted by atomic mass is 9.69. The van der Waals surface area contributed by atoms with Crippen molar-refractivity contribution < 1.29 is 0 Å². The van der Waals surface area contributed by atoms with E-state index in [9.17, 15) is 0 Å². The number of nitrogens with one attached hydrogen (secondary N) is 2. The molecule has 3 unspecified atom stereocenters. The highest BCUT2D eigenvalue weighted by molar-refractivity contribution is 14.0. The summed E-state index contributed by atoms with van der Waals surface area (Å²) in [5.41, 5.74) is 0. The fraction of sp³-hybridized carbons (Fsp3) is 0.842. The molecule has 0 bridgehead atoms. The molecule has 2 heterocycles. The van der Waals surface area contributed by atoms with E-state index in [1.165, 1.54) is 51.4 Å². The highest BCUT2D eigenvalue weighted by Gasteiger charge is 2.32. The lowest BCUT2D eigenvalue weighted by Gasteiger charge is -2.39. The van der Waals surface area contributed by atoms with E-state index in [4.69, 9.17) is 4.99 Å². The van der Waals surface area contributed by atoms with Crippen molar-refractivity contribution in [3.05, 3.63) is 11.6 Å². The zero-order valence-electron chi connectivity index (χ0n) is 15.9. The first-order valence-corrected chi connectivity index (χ1v) is 10.3. The van der Waals surface area contributed by atoms with Gasteiger partial charge >= 0.3 is 0 Å². The van der Waals surface area contributed by atoms with Gasteiger partial charge in [0.2, 0.25) is 0 Å². The van der Waals surface area contributed by atoms with Crippen LogP contribution in [0.2, 0.25) is 0 Å². The summed E-state index contributed by atoms with van der Waals surface area (Å²) in [4.78, 5) is 4.80. The molecule has 6 nitrogen and oxygen atoms in total. The lowest BCUT2D eigenvalue weighted by Crippen LogP contribution is -2.47. The largest absolute Gasteiger partial charge is 0.357 e. The Morgan fingerprint density at radius 1 is 1.12 bits per heavy atom. The number of guanidine groups is 1. The molecule has 7 heteroatoms. The highest BCUT2D eigenvalue weighted by atomic mass is 127. The number of aryl methyl sites for hydroxylation is 1. The van der Waals surface area contributed by atoms with Crippen LogP contribution in [0.4, 0.5) is 0 Å². The minimum Gasteiger partial charge on any atom is -0.357 e. The van der Waals surface area contributed by atoms with Gasteiger partial charge in [-0.15, -0.1) is 34.2 Å². The standard InChI is InChI=1S/C19H32N6.HI/c1-2-20-19(21-13-18-24-23-17-8-5-11-25(17)18)22-16-10-9-14-6-3-4-7-15(14)12-16;/h14-16H,2-13H2,1H3,(H2,20,21,22);1H. The number of hydrogen-bond donors (Lipinski definition) is 2. The van der Waals surface area contributed by atoms with Gasteiger partial charge in [0.1, 0.15) is 12.4 Å². The molecule has 1 aromatic rings. The molecule has 2 fully saturated rings. The summed E-state index contributed by atoms with van der Waals surface area (Å²) in [5.74, 6) is 4.99. The van der Waals surface area contributed by atoms with Crippen molar-refractivity contribution in [3.8, 4) is 0 Å². The van der Waals surface area contributed by atoms with Crippen molar-refractivity contribution in [2.75, 3.05) is 6.54 Å². The quantitative estimate of drug-likeness (QED) is 0.401. The van der Waals surface area contributed by atoms with Gasteiger partial charge < -0.3 is 15.2 Å². The van der Waals surface area contributed by atoms with E-state index in [0.29, 0.717) is 12.6 Å². The van der Waals surface area contributed by atoms with Crippen LogP contribution in [0.25, 0.3) is 0 Å². The number of rotatable bonds is 4. The van der Waals surface area contributed by atoms with Crippen LogP contribution >= 0.6 is 24.0 Å². The molecule has 3 aliphatic rings. The van der Waals surface area contributed by atoms with Crippen LogP contribution in [0.3, 0.4) is 0 Å². The SMILES string of the molecule is CCNC(=NCc1nnc2n1CCC2)NC1CCC2CCCCC2C1.I. The van der Waals surface area contributed by atoms with Crippen LogP contribution in [-0.2, 0) is 19.5 Å². The molecule has 146 valence electrons. The zero-order chi connectivity index (χ0) is 17.1. The second-order valence-electron chi connectivity index (χ2n) is 7.94. The molecule has 1 aromatic heterocycles. The molecule has 3 atom stereocenters. The first-order chi connectivity index (χ1) is 12.3. The van der Waals surface area contributed by atoms with Crippen molar-refractivity contribution in [2.24, 2.45) is 16.8 Å². The molecule has 0 aromatic carbocycles. The van der Waals surface area contributed by atoms with E-state index in [2.05, 4.69) is 32.3 Å². The number of fused-ring (bicyclic) bond motifs is 2. The van der Waals surface area contributed by atoms with Gasteiger partial charge in [0.05, 0.1) is 0 Å². The van der Waals surface area contributed by atoms with Crippen LogP contribution in [0.5, 0.6) is 0 Å². The molecule has 1 aliphatic heterocycles. The maximum atomic E-state index is 4.80. The van der Waals surface area contributed by atoms with Gasteiger partial charge in [-0.05, 0) is 44.4 Å². The van der Waals surface area contributed by atoms with Gasteiger partial charge in [0.25, 0.3) is 0 Å². The Morgan fingerprint density at radius 2 is 1.96 bits per heavy atom. The van der Waals surface area contributed by atoms with Crippen LogP contribution in [0.1, 0.15) is 69.9 Å². The number of aromatic nitrogens is 3. The average molecular weight is 472 g/mol. The molecule has 26 heavy (non-hydrogen) atoms. The Bertz CT molecular complexity index is 613. The summed E-state index contributed by atoms with van der Waals surface area (Å²) >= 11 is 0. The molecular formula is C19H33IN6. The van der Waals surface area contributed by atoms with E-state index in [0.717, 1.165) is 49.0 Å². The Morgan fingerprint density at radius 3 is 2.81 bits per heavy atom. The molecule has 0 amide bonds. The van der Waals surface area contributed by atoms with Crippen LogP contribution in [0, 0.1) is 11.8 Å². The number of nitrogens with zero attached hydrogens (tertiary/aromatic N) is 4. The fourth-order valence-electron chi connectivity index (χ4n) is 5.00. The van der Waals surface area contributed by atoms with E-state index in [1.807, 2.05) is 0 Å². The van der Waals surface area contributed by atoms with E-state index in [-0.39, 0.29) is 24.0 Å². The summed E-state index contributed by atoms with van der Waals surface area (Å²) in [5, 5.41) is 15.7. The summed E-state index contributed by atoms with van der Waals surface area (Å²) in [6.45, 7) is 4.68. The fourth-order valence-corrected chi connectivity index (χ4v) is 5.00. The van der Waals surface area contributed by atoms with Gasteiger partial charge in [-0.1, -0.05) is 25.7 Å². The molecule has 2 saturated carbocycles. The number of halogens is 1. The first kappa shape index (κ1) is 19.9. The summed E-state index contributed by atoms with van der Waals surface area (Å²) in [7, 11) is 0. The van der Waals surface area contributed by atoms with Crippen molar-refractivity contribution in [1.29, 1.82) is 0 Å². The summed E-state index contributed by atoms with van der Waals surface area (Å²) in [6, 6.07) is 0.571. The molecule has 4 rings (SSSR count). The van der Waals surface area contributed by atoms with Gasteiger partial charge in [-0.25, -0.2) is 4.99 Å². The normalized spacial score (nSPS) is 28.0. The minimum atomic E-state index is 0. The maximum absolute atomic E-state index is 4.80. The third-order valence-corrected chi connectivity index (χ3v) is 6.29. The van der Waals surface area contributed by atoms with Crippen LogP contribution in [-0.4, -0.2) is 33.3 Å². The molecule has 2 aliphatic carbocycles. The van der Waals surface area contributed by atoms with E-state index >= 15 is 0 Å². The smallest absolute Gasteiger partial charge is 0.191 e. The predicted octanol–water partition coefficient (Wildman–Crippen LogP) is 3.26. The van der Waals surface area contributed by atoms with Crippen molar-refractivity contribution in [2.45, 2.75) is 83.8 Å². The van der Waals surface area contributed by atoms with Crippen LogP contribution in [0.15, 0.2) is 4.99 Å².